The molecule has 0 heterocycles. The summed E-state index contributed by atoms with van der Waals surface area (Å²) in [6, 6.07) is 3.07. The van der Waals surface area contributed by atoms with Gasteiger partial charge in [-0.25, -0.2) is 0 Å². The minimum atomic E-state index is -0.399. The van der Waals surface area contributed by atoms with E-state index in [4.69, 9.17) is 28.9 Å². The number of anilines is 2. The molecule has 20 heavy (non-hydrogen) atoms. The maximum Gasteiger partial charge on any atom is 0.225 e. The minimum absolute atomic E-state index is 0.0894. The Bertz CT molecular complexity index is 460. The first-order chi connectivity index (χ1) is 9.31. The SMILES string of the molecule is CC(O)C(C)SCCC(=O)Nc1c(Cl)cc(N)cc1Cl. The lowest BCUT2D eigenvalue weighted by molar-refractivity contribution is -0.115. The molecule has 1 amide bonds. The number of nitrogens with two attached hydrogens (primary N) is 1. The van der Waals surface area contributed by atoms with E-state index in [1.807, 2.05) is 6.92 Å². The molecule has 1 rings (SSSR count). The van der Waals surface area contributed by atoms with E-state index < -0.39 is 6.10 Å². The summed E-state index contributed by atoms with van der Waals surface area (Å²) in [6.45, 7) is 3.65. The van der Waals surface area contributed by atoms with Gasteiger partial charge in [-0.15, -0.1) is 0 Å². The number of nitrogen functional groups attached to an aromatic ring is 1. The third kappa shape index (κ3) is 5.40. The van der Waals surface area contributed by atoms with Gasteiger partial charge in [0.05, 0.1) is 21.8 Å². The quantitative estimate of drug-likeness (QED) is 0.696. The van der Waals surface area contributed by atoms with Crippen molar-refractivity contribution in [2.24, 2.45) is 0 Å². The Balaban J connectivity index is 2.51. The Labute approximate surface area is 133 Å². The number of aliphatic hydroxyl groups excluding tert-OH is 1. The number of aliphatic hydroxyl groups is 1. The predicted molar refractivity (Wildman–Crippen MR) is 87.7 cm³/mol. The van der Waals surface area contributed by atoms with Crippen LogP contribution in [0.3, 0.4) is 0 Å². The molecule has 2 unspecified atom stereocenters. The van der Waals surface area contributed by atoms with Crippen LogP contribution in [-0.4, -0.2) is 28.1 Å². The Morgan fingerprint density at radius 2 is 1.95 bits per heavy atom. The highest BCUT2D eigenvalue weighted by atomic mass is 35.5. The monoisotopic (exact) mass is 336 g/mol. The van der Waals surface area contributed by atoms with E-state index in [-0.39, 0.29) is 11.2 Å². The largest absolute Gasteiger partial charge is 0.399 e. The molecule has 7 heteroatoms. The van der Waals surface area contributed by atoms with E-state index in [1.54, 1.807) is 6.92 Å². The van der Waals surface area contributed by atoms with E-state index in [2.05, 4.69) is 5.32 Å². The van der Waals surface area contributed by atoms with Crippen LogP contribution in [0.4, 0.5) is 11.4 Å². The molecule has 0 aromatic heterocycles. The average Bonchev–Trinajstić information content (AvgIpc) is 2.33. The molecule has 4 N–H and O–H groups in total. The predicted octanol–water partition coefficient (Wildman–Crippen LogP) is 3.41. The van der Waals surface area contributed by atoms with Crippen LogP contribution in [-0.2, 0) is 4.79 Å². The van der Waals surface area contributed by atoms with Crippen LogP contribution in [0.1, 0.15) is 20.3 Å². The molecule has 2 atom stereocenters. The van der Waals surface area contributed by atoms with Crippen molar-refractivity contribution in [3.63, 3.8) is 0 Å². The lowest BCUT2D eigenvalue weighted by atomic mass is 10.2. The van der Waals surface area contributed by atoms with Crippen molar-refractivity contribution in [2.45, 2.75) is 31.6 Å². The molecule has 0 saturated heterocycles. The number of hydrogen-bond donors (Lipinski definition) is 3. The minimum Gasteiger partial charge on any atom is -0.399 e. The lowest BCUT2D eigenvalue weighted by Crippen LogP contribution is -2.18. The summed E-state index contributed by atoms with van der Waals surface area (Å²) in [5.74, 6) is 0.436. The van der Waals surface area contributed by atoms with Crippen molar-refractivity contribution < 1.29 is 9.90 Å². The van der Waals surface area contributed by atoms with Crippen molar-refractivity contribution in [2.75, 3.05) is 16.8 Å². The van der Waals surface area contributed by atoms with Crippen LogP contribution in [0.25, 0.3) is 0 Å². The van der Waals surface area contributed by atoms with Gasteiger partial charge in [-0.2, -0.15) is 11.8 Å². The fourth-order valence-electron chi connectivity index (χ4n) is 1.39. The molecule has 0 aliphatic rings. The van der Waals surface area contributed by atoms with E-state index >= 15 is 0 Å². The Morgan fingerprint density at radius 3 is 2.45 bits per heavy atom. The third-order valence-electron chi connectivity index (χ3n) is 2.72. The number of benzene rings is 1. The number of nitrogens with one attached hydrogen (secondary N) is 1. The number of amides is 1. The summed E-state index contributed by atoms with van der Waals surface area (Å²) in [4.78, 5) is 11.8. The molecule has 1 aromatic rings. The number of hydrogen-bond acceptors (Lipinski definition) is 4. The maximum atomic E-state index is 11.8. The second kappa shape index (κ2) is 7.98. The molecule has 0 spiro atoms. The van der Waals surface area contributed by atoms with Gasteiger partial charge in [-0.1, -0.05) is 30.1 Å². The first kappa shape index (κ1) is 17.4. The topological polar surface area (TPSA) is 75.3 Å². The molecule has 4 nitrogen and oxygen atoms in total. The fraction of sp³-hybridized carbons (Fsp3) is 0.462. The van der Waals surface area contributed by atoms with Crippen LogP contribution in [0, 0.1) is 0 Å². The van der Waals surface area contributed by atoms with Crippen LogP contribution < -0.4 is 11.1 Å². The van der Waals surface area contributed by atoms with Crippen LogP contribution in [0.5, 0.6) is 0 Å². The summed E-state index contributed by atoms with van der Waals surface area (Å²) in [5.41, 5.74) is 6.41. The first-order valence-corrected chi connectivity index (χ1v) is 7.95. The summed E-state index contributed by atoms with van der Waals surface area (Å²) in [7, 11) is 0. The highest BCUT2D eigenvalue weighted by Gasteiger charge is 2.13. The second-order valence-electron chi connectivity index (χ2n) is 4.47. The average molecular weight is 337 g/mol. The second-order valence-corrected chi connectivity index (χ2v) is 6.77. The van der Waals surface area contributed by atoms with Gasteiger partial charge in [-0.3, -0.25) is 4.79 Å². The Kier molecular flexibility index (Phi) is 6.95. The van der Waals surface area contributed by atoms with Gasteiger partial charge in [0.1, 0.15) is 0 Å². The molecule has 1 aromatic carbocycles. The number of thioether (sulfide) groups is 1. The van der Waals surface area contributed by atoms with Crippen molar-refractivity contribution in [3.05, 3.63) is 22.2 Å². The number of rotatable bonds is 6. The maximum absolute atomic E-state index is 11.8. The zero-order chi connectivity index (χ0) is 15.3. The van der Waals surface area contributed by atoms with Crippen LogP contribution in [0.15, 0.2) is 12.1 Å². The van der Waals surface area contributed by atoms with E-state index in [9.17, 15) is 9.90 Å². The summed E-state index contributed by atoms with van der Waals surface area (Å²) >= 11 is 13.5. The van der Waals surface area contributed by atoms with Gasteiger partial charge < -0.3 is 16.2 Å². The third-order valence-corrected chi connectivity index (χ3v) is 4.67. The molecule has 0 radical (unpaired) electrons. The molecule has 0 fully saturated rings. The van der Waals surface area contributed by atoms with Gasteiger partial charge in [-0.05, 0) is 19.1 Å². The molecule has 0 aliphatic carbocycles. The summed E-state index contributed by atoms with van der Waals surface area (Å²) in [5, 5.41) is 12.7. The molecule has 0 bridgehead atoms. The van der Waals surface area contributed by atoms with Gasteiger partial charge in [0.2, 0.25) is 5.91 Å². The number of halogens is 2. The first-order valence-electron chi connectivity index (χ1n) is 6.15. The van der Waals surface area contributed by atoms with E-state index in [0.29, 0.717) is 33.6 Å². The summed E-state index contributed by atoms with van der Waals surface area (Å²) in [6.07, 6.45) is -0.0808. The van der Waals surface area contributed by atoms with Gasteiger partial charge in [0.15, 0.2) is 0 Å². The lowest BCUT2D eigenvalue weighted by Gasteiger charge is -2.14. The van der Waals surface area contributed by atoms with E-state index in [1.165, 1.54) is 23.9 Å². The van der Waals surface area contributed by atoms with Crippen LogP contribution >= 0.6 is 35.0 Å². The normalized spacial score (nSPS) is 13.8. The van der Waals surface area contributed by atoms with E-state index in [0.717, 1.165) is 0 Å². The number of carbonyl (C=O) groups is 1. The van der Waals surface area contributed by atoms with Crippen molar-refractivity contribution in [1.29, 1.82) is 0 Å². The number of carbonyl (C=O) groups excluding carboxylic acids is 1. The fourth-order valence-corrected chi connectivity index (χ4v) is 2.94. The molecular formula is C13H18Cl2N2O2S. The van der Waals surface area contributed by atoms with Crippen molar-refractivity contribution in [3.8, 4) is 0 Å². The highest BCUT2D eigenvalue weighted by molar-refractivity contribution is 7.99. The van der Waals surface area contributed by atoms with Crippen LogP contribution in [0.2, 0.25) is 10.0 Å². The van der Waals surface area contributed by atoms with Crippen molar-refractivity contribution >= 4 is 52.2 Å². The molecule has 0 saturated carbocycles. The molecule has 0 aliphatic heterocycles. The van der Waals surface area contributed by atoms with Gasteiger partial charge >= 0.3 is 0 Å². The smallest absolute Gasteiger partial charge is 0.225 e. The highest BCUT2D eigenvalue weighted by Crippen LogP contribution is 2.32. The molecule has 112 valence electrons. The standard InChI is InChI=1S/C13H18Cl2N2O2S/c1-7(18)8(2)20-4-3-12(19)17-13-10(14)5-9(16)6-11(13)15/h5-8,18H,3-4,16H2,1-2H3,(H,17,19). The molecular weight excluding hydrogens is 319 g/mol. The van der Waals surface area contributed by atoms with Crippen molar-refractivity contribution in [1.82, 2.24) is 0 Å². The van der Waals surface area contributed by atoms with Gasteiger partial charge in [0, 0.05) is 23.1 Å². The zero-order valence-electron chi connectivity index (χ0n) is 11.3. The van der Waals surface area contributed by atoms with Gasteiger partial charge in [0.25, 0.3) is 0 Å². The Hall–Kier alpha value is -0.620. The Morgan fingerprint density at radius 1 is 1.40 bits per heavy atom. The zero-order valence-corrected chi connectivity index (χ0v) is 13.6. The summed E-state index contributed by atoms with van der Waals surface area (Å²) < 4.78 is 0.